The molecule has 1 fully saturated rings. The van der Waals surface area contributed by atoms with E-state index in [1.807, 2.05) is 0 Å². The number of carbonyl (C=O) groups excluding carboxylic acids is 1. The summed E-state index contributed by atoms with van der Waals surface area (Å²) in [6.07, 6.45) is -0.744. The zero-order valence-electron chi connectivity index (χ0n) is 12.2. The van der Waals surface area contributed by atoms with Crippen LogP contribution in [0.1, 0.15) is 36.8 Å². The summed E-state index contributed by atoms with van der Waals surface area (Å²) < 4.78 is 44.1. The summed E-state index contributed by atoms with van der Waals surface area (Å²) >= 11 is 2.05. The fourth-order valence-electron chi connectivity index (χ4n) is 3.52. The molecule has 8 heteroatoms. The van der Waals surface area contributed by atoms with Crippen LogP contribution in [-0.4, -0.2) is 21.4 Å². The van der Waals surface area contributed by atoms with Crippen LogP contribution in [0.15, 0.2) is 12.3 Å². The molecule has 1 amide bonds. The van der Waals surface area contributed by atoms with E-state index >= 15 is 0 Å². The Kier molecular flexibility index (Phi) is 4.22. The lowest BCUT2D eigenvalue weighted by atomic mass is 9.67. The van der Waals surface area contributed by atoms with Crippen LogP contribution in [0.5, 0.6) is 5.88 Å². The van der Waals surface area contributed by atoms with Crippen LogP contribution in [0.4, 0.5) is 13.2 Å². The summed E-state index contributed by atoms with van der Waals surface area (Å²) in [7, 11) is 0. The Balaban J connectivity index is 1.84. The van der Waals surface area contributed by atoms with E-state index in [1.54, 1.807) is 0 Å². The normalized spacial score (nSPS) is 28.3. The number of nitrogens with zero attached hydrogens (tertiary/aromatic N) is 1. The minimum absolute atomic E-state index is 0.168. The first kappa shape index (κ1) is 16.8. The lowest BCUT2D eigenvalue weighted by Gasteiger charge is -2.37. The molecular formula is C15H16F3IN2O2. The zero-order chi connectivity index (χ0) is 16.8. The molecule has 3 rings (SSSR count). The summed E-state index contributed by atoms with van der Waals surface area (Å²) in [4.78, 5) is 15.2. The van der Waals surface area contributed by atoms with Crippen LogP contribution in [0.3, 0.4) is 0 Å². The number of halogens is 4. The van der Waals surface area contributed by atoms with Crippen molar-refractivity contribution in [2.75, 3.05) is 6.61 Å². The van der Waals surface area contributed by atoms with Gasteiger partial charge in [0.05, 0.1) is 16.1 Å². The van der Waals surface area contributed by atoms with Gasteiger partial charge in [-0.05, 0) is 37.7 Å². The van der Waals surface area contributed by atoms with Gasteiger partial charge in [-0.3, -0.25) is 4.79 Å². The Morgan fingerprint density at radius 3 is 2.65 bits per heavy atom. The number of carbonyl (C=O) groups is 1. The van der Waals surface area contributed by atoms with E-state index in [1.165, 1.54) is 6.07 Å². The second-order valence-electron chi connectivity index (χ2n) is 6.29. The molecule has 1 saturated carbocycles. The van der Waals surface area contributed by atoms with Crippen LogP contribution in [0, 0.1) is 5.92 Å². The van der Waals surface area contributed by atoms with E-state index in [9.17, 15) is 18.0 Å². The fraction of sp³-hybridized carbons (Fsp3) is 0.600. The molecule has 1 aromatic heterocycles. The summed E-state index contributed by atoms with van der Waals surface area (Å²) in [6.45, 7) is 0.353. The van der Waals surface area contributed by atoms with E-state index in [4.69, 9.17) is 10.5 Å². The number of amides is 1. The number of hydrogen-bond acceptors (Lipinski definition) is 3. The van der Waals surface area contributed by atoms with Crippen molar-refractivity contribution in [1.29, 1.82) is 0 Å². The molecule has 23 heavy (non-hydrogen) atoms. The number of ether oxygens (including phenoxy) is 1. The monoisotopic (exact) mass is 440 g/mol. The van der Waals surface area contributed by atoms with E-state index in [-0.39, 0.29) is 15.7 Å². The third-order valence-electron chi connectivity index (χ3n) is 4.91. The number of alkyl halides is 4. The highest BCUT2D eigenvalue weighted by atomic mass is 127. The van der Waals surface area contributed by atoms with Crippen molar-refractivity contribution in [3.8, 4) is 5.88 Å². The third-order valence-corrected chi connectivity index (χ3v) is 6.54. The van der Waals surface area contributed by atoms with Crippen LogP contribution in [-0.2, 0) is 16.4 Å². The highest BCUT2D eigenvalue weighted by Crippen LogP contribution is 2.50. The zero-order valence-corrected chi connectivity index (χ0v) is 14.4. The molecule has 1 aliphatic heterocycles. The van der Waals surface area contributed by atoms with E-state index in [0.717, 1.165) is 19.0 Å². The van der Waals surface area contributed by atoms with Crippen molar-refractivity contribution in [2.45, 2.75) is 41.2 Å². The quantitative estimate of drug-likeness (QED) is 0.568. The average molecular weight is 440 g/mol. The van der Waals surface area contributed by atoms with Gasteiger partial charge in [0.25, 0.3) is 0 Å². The molecule has 0 saturated heterocycles. The summed E-state index contributed by atoms with van der Waals surface area (Å²) in [5.74, 6) is 0.134. The molecule has 0 radical (unpaired) electrons. The maximum absolute atomic E-state index is 12.9. The first-order chi connectivity index (χ1) is 10.7. The largest absolute Gasteiger partial charge is 0.476 e. The van der Waals surface area contributed by atoms with Crippen LogP contribution in [0.2, 0.25) is 0 Å². The van der Waals surface area contributed by atoms with Gasteiger partial charge in [-0.2, -0.15) is 13.2 Å². The predicted molar refractivity (Wildman–Crippen MR) is 85.4 cm³/mol. The Labute approximate surface area is 145 Å². The van der Waals surface area contributed by atoms with Gasteiger partial charge < -0.3 is 10.5 Å². The number of aromatic nitrogens is 1. The Hall–Kier alpha value is -1.06. The first-order valence-corrected chi connectivity index (χ1v) is 8.61. The summed E-state index contributed by atoms with van der Waals surface area (Å²) in [5.41, 5.74) is 4.73. The van der Waals surface area contributed by atoms with Crippen molar-refractivity contribution >= 4 is 28.5 Å². The van der Waals surface area contributed by atoms with Crippen LogP contribution in [0.25, 0.3) is 0 Å². The second-order valence-corrected chi connectivity index (χ2v) is 7.63. The molecule has 0 bridgehead atoms. The Bertz CT molecular complexity index is 628. The van der Waals surface area contributed by atoms with Gasteiger partial charge in [-0.15, -0.1) is 0 Å². The van der Waals surface area contributed by atoms with Crippen LogP contribution >= 0.6 is 22.6 Å². The van der Waals surface area contributed by atoms with Crippen molar-refractivity contribution in [1.82, 2.24) is 4.98 Å². The number of pyridine rings is 1. The number of primary amides is 1. The van der Waals surface area contributed by atoms with E-state index in [2.05, 4.69) is 27.6 Å². The first-order valence-electron chi connectivity index (χ1n) is 7.37. The third kappa shape index (κ3) is 3.01. The SMILES string of the molecule is NC(=O)C(I)C1CCC2(CC1)COc1ncc(C(F)(F)F)cc12. The van der Waals surface area contributed by atoms with E-state index in [0.29, 0.717) is 30.9 Å². The summed E-state index contributed by atoms with van der Waals surface area (Å²) in [5, 5.41) is 0. The molecule has 2 N–H and O–H groups in total. The maximum atomic E-state index is 12.9. The fourth-order valence-corrected chi connectivity index (χ4v) is 4.24. The van der Waals surface area contributed by atoms with Gasteiger partial charge in [0, 0.05) is 17.2 Å². The second kappa shape index (κ2) is 5.78. The van der Waals surface area contributed by atoms with Gasteiger partial charge in [0.15, 0.2) is 0 Å². The van der Waals surface area contributed by atoms with E-state index < -0.39 is 17.2 Å². The van der Waals surface area contributed by atoms with Gasteiger partial charge in [-0.1, -0.05) is 22.6 Å². The number of nitrogens with two attached hydrogens (primary N) is 1. The molecule has 1 aliphatic carbocycles. The minimum atomic E-state index is -4.41. The highest BCUT2D eigenvalue weighted by Gasteiger charge is 2.46. The predicted octanol–water partition coefficient (Wildman–Crippen LogP) is 3.21. The van der Waals surface area contributed by atoms with Crippen molar-refractivity contribution < 1.29 is 22.7 Å². The molecule has 0 aromatic carbocycles. The average Bonchev–Trinajstić information content (AvgIpc) is 2.85. The van der Waals surface area contributed by atoms with Gasteiger partial charge >= 0.3 is 6.18 Å². The number of hydrogen-bond donors (Lipinski definition) is 1. The van der Waals surface area contributed by atoms with Gasteiger partial charge in [0.2, 0.25) is 11.8 Å². The molecule has 2 heterocycles. The highest BCUT2D eigenvalue weighted by molar-refractivity contribution is 14.1. The van der Waals surface area contributed by atoms with Gasteiger partial charge in [-0.25, -0.2) is 4.98 Å². The molecule has 1 atom stereocenters. The maximum Gasteiger partial charge on any atom is 0.417 e. The topological polar surface area (TPSA) is 65.2 Å². The molecule has 2 aliphatic rings. The number of fused-ring (bicyclic) bond motifs is 2. The molecular weight excluding hydrogens is 424 g/mol. The molecule has 126 valence electrons. The smallest absolute Gasteiger partial charge is 0.417 e. The minimum Gasteiger partial charge on any atom is -0.476 e. The van der Waals surface area contributed by atoms with Crippen LogP contribution < -0.4 is 10.5 Å². The lowest BCUT2D eigenvalue weighted by Crippen LogP contribution is -2.39. The number of rotatable bonds is 2. The molecule has 1 aromatic rings. The Morgan fingerprint density at radius 1 is 1.43 bits per heavy atom. The van der Waals surface area contributed by atoms with Crippen molar-refractivity contribution in [3.63, 3.8) is 0 Å². The lowest BCUT2D eigenvalue weighted by molar-refractivity contribution is -0.137. The van der Waals surface area contributed by atoms with Crippen molar-refractivity contribution in [2.24, 2.45) is 11.7 Å². The molecule has 1 unspecified atom stereocenters. The standard InChI is InChI=1S/C15H16F3IN2O2/c16-15(17,18)9-5-10-13(21-6-9)23-7-14(10)3-1-8(2-4-14)11(19)12(20)22/h5-6,8,11H,1-4,7H2,(H2,20,22). The molecule has 1 spiro atoms. The van der Waals surface area contributed by atoms with Gasteiger partial charge in [0.1, 0.15) is 0 Å². The van der Waals surface area contributed by atoms with Crippen molar-refractivity contribution in [3.05, 3.63) is 23.4 Å². The summed E-state index contributed by atoms with van der Waals surface area (Å²) in [6, 6.07) is 1.17. The Morgan fingerprint density at radius 2 is 2.09 bits per heavy atom. The molecule has 4 nitrogen and oxygen atoms in total.